The summed E-state index contributed by atoms with van der Waals surface area (Å²) in [5.41, 5.74) is 3.31. The maximum atomic E-state index is 12.6. The van der Waals surface area contributed by atoms with Gasteiger partial charge < -0.3 is 14.2 Å². The van der Waals surface area contributed by atoms with Gasteiger partial charge in [-0.05, 0) is 42.8 Å². The van der Waals surface area contributed by atoms with E-state index in [-0.39, 0.29) is 5.91 Å². The third-order valence-electron chi connectivity index (χ3n) is 4.80. The summed E-state index contributed by atoms with van der Waals surface area (Å²) >= 11 is 4.72. The van der Waals surface area contributed by atoms with E-state index in [1.807, 2.05) is 29.2 Å². The van der Waals surface area contributed by atoms with Crippen molar-refractivity contribution in [2.24, 2.45) is 0 Å². The largest absolute Gasteiger partial charge is 0.411 e. The number of halogens is 1. The summed E-state index contributed by atoms with van der Waals surface area (Å²) < 4.78 is 6.64. The molecule has 1 aliphatic rings. The van der Waals surface area contributed by atoms with E-state index in [1.165, 1.54) is 23.0 Å². The van der Waals surface area contributed by atoms with Crippen LogP contribution in [0.25, 0.3) is 11.5 Å². The molecule has 29 heavy (non-hydrogen) atoms. The Morgan fingerprint density at radius 1 is 1.10 bits per heavy atom. The zero-order chi connectivity index (χ0) is 20.2. The lowest BCUT2D eigenvalue weighted by molar-refractivity contribution is -0.128. The quantitative estimate of drug-likeness (QED) is 0.517. The number of thioether (sulfide) groups is 1. The summed E-state index contributed by atoms with van der Waals surface area (Å²) in [4.78, 5) is 16.8. The van der Waals surface area contributed by atoms with Crippen molar-refractivity contribution in [1.82, 2.24) is 15.1 Å². The molecule has 0 bridgehead atoms. The van der Waals surface area contributed by atoms with Gasteiger partial charge in [-0.2, -0.15) is 0 Å². The summed E-state index contributed by atoms with van der Waals surface area (Å²) in [5, 5.41) is 8.54. The highest BCUT2D eigenvalue weighted by atomic mass is 79.9. The molecule has 0 N–H and O–H groups in total. The molecule has 0 radical (unpaired) electrons. The van der Waals surface area contributed by atoms with E-state index < -0.39 is 0 Å². The number of aryl methyl sites for hydroxylation is 1. The smallest absolute Gasteiger partial charge is 0.277 e. The Morgan fingerprint density at radius 2 is 1.90 bits per heavy atom. The second-order valence-corrected chi connectivity index (χ2v) is 8.72. The molecule has 2 heterocycles. The Kier molecular flexibility index (Phi) is 6.20. The highest BCUT2D eigenvalue weighted by Crippen LogP contribution is 2.25. The minimum Gasteiger partial charge on any atom is -0.411 e. The van der Waals surface area contributed by atoms with Crippen LogP contribution in [0.2, 0.25) is 0 Å². The Balaban J connectivity index is 1.29. The predicted molar refractivity (Wildman–Crippen MR) is 118 cm³/mol. The molecule has 0 unspecified atom stereocenters. The number of aromatic nitrogens is 2. The number of carbonyl (C=O) groups excluding carboxylic acids is 1. The normalized spacial score (nSPS) is 14.3. The second kappa shape index (κ2) is 9.00. The third-order valence-corrected chi connectivity index (χ3v) is 6.09. The van der Waals surface area contributed by atoms with Crippen LogP contribution in [0.1, 0.15) is 5.56 Å². The number of amides is 1. The molecule has 3 aromatic rings. The second-order valence-electron chi connectivity index (χ2n) is 6.88. The molecule has 1 fully saturated rings. The number of anilines is 1. The van der Waals surface area contributed by atoms with E-state index in [4.69, 9.17) is 4.42 Å². The van der Waals surface area contributed by atoms with Gasteiger partial charge in [-0.3, -0.25) is 4.79 Å². The van der Waals surface area contributed by atoms with Gasteiger partial charge >= 0.3 is 0 Å². The predicted octanol–water partition coefficient (Wildman–Crippen LogP) is 4.25. The first kappa shape index (κ1) is 20.0. The van der Waals surface area contributed by atoms with Crippen LogP contribution in [0.3, 0.4) is 0 Å². The van der Waals surface area contributed by atoms with Gasteiger partial charge in [0.25, 0.3) is 5.22 Å². The van der Waals surface area contributed by atoms with E-state index in [0.717, 1.165) is 36.2 Å². The SMILES string of the molecule is Cc1cccc(N2CCN(C(=O)CSc3nnc(-c4cccc(Br)c4)o3)CC2)c1. The van der Waals surface area contributed by atoms with Crippen molar-refractivity contribution in [2.75, 3.05) is 36.8 Å². The molecule has 1 aliphatic heterocycles. The molecule has 0 atom stereocenters. The van der Waals surface area contributed by atoms with Crippen LogP contribution >= 0.6 is 27.7 Å². The Hall–Kier alpha value is -2.32. The molecular weight excluding hydrogens is 452 g/mol. The van der Waals surface area contributed by atoms with E-state index in [1.54, 1.807) is 0 Å². The number of piperazine rings is 1. The molecule has 0 aliphatic carbocycles. The van der Waals surface area contributed by atoms with E-state index in [0.29, 0.717) is 16.9 Å². The summed E-state index contributed by atoms with van der Waals surface area (Å²) in [5.74, 6) is 0.846. The summed E-state index contributed by atoms with van der Waals surface area (Å²) in [6.07, 6.45) is 0. The Labute approximate surface area is 182 Å². The van der Waals surface area contributed by atoms with Crippen molar-refractivity contribution in [2.45, 2.75) is 12.1 Å². The van der Waals surface area contributed by atoms with Gasteiger partial charge in [-0.15, -0.1) is 10.2 Å². The number of benzene rings is 2. The van der Waals surface area contributed by atoms with Gasteiger partial charge in [0, 0.05) is 41.9 Å². The number of hydrogen-bond donors (Lipinski definition) is 0. The zero-order valence-electron chi connectivity index (χ0n) is 16.0. The molecule has 1 amide bonds. The molecule has 150 valence electrons. The van der Waals surface area contributed by atoms with Crippen LogP contribution in [0, 0.1) is 6.92 Å². The minimum atomic E-state index is 0.0982. The van der Waals surface area contributed by atoms with Crippen LogP contribution in [-0.4, -0.2) is 52.9 Å². The van der Waals surface area contributed by atoms with Crippen LogP contribution in [0.15, 0.2) is 62.6 Å². The van der Waals surface area contributed by atoms with Crippen molar-refractivity contribution < 1.29 is 9.21 Å². The number of carbonyl (C=O) groups is 1. The molecule has 0 spiro atoms. The average Bonchev–Trinajstić information content (AvgIpc) is 3.21. The highest BCUT2D eigenvalue weighted by molar-refractivity contribution is 9.10. The van der Waals surface area contributed by atoms with Crippen LogP contribution in [-0.2, 0) is 4.79 Å². The highest BCUT2D eigenvalue weighted by Gasteiger charge is 2.22. The number of rotatable bonds is 5. The lowest BCUT2D eigenvalue weighted by Gasteiger charge is -2.36. The monoisotopic (exact) mass is 472 g/mol. The van der Waals surface area contributed by atoms with Crippen molar-refractivity contribution in [1.29, 1.82) is 0 Å². The zero-order valence-corrected chi connectivity index (χ0v) is 18.4. The maximum Gasteiger partial charge on any atom is 0.277 e. The average molecular weight is 473 g/mol. The molecule has 1 aromatic heterocycles. The van der Waals surface area contributed by atoms with Crippen LogP contribution < -0.4 is 4.90 Å². The van der Waals surface area contributed by atoms with E-state index >= 15 is 0 Å². The lowest BCUT2D eigenvalue weighted by atomic mass is 10.2. The van der Waals surface area contributed by atoms with Crippen LogP contribution in [0.4, 0.5) is 5.69 Å². The summed E-state index contributed by atoms with van der Waals surface area (Å²) in [7, 11) is 0. The minimum absolute atomic E-state index is 0.0982. The van der Waals surface area contributed by atoms with Gasteiger partial charge in [0.15, 0.2) is 0 Å². The molecule has 8 heteroatoms. The lowest BCUT2D eigenvalue weighted by Crippen LogP contribution is -2.49. The van der Waals surface area contributed by atoms with Crippen molar-refractivity contribution >= 4 is 39.3 Å². The Morgan fingerprint density at radius 3 is 2.66 bits per heavy atom. The summed E-state index contributed by atoms with van der Waals surface area (Å²) in [6.45, 7) is 5.22. The molecule has 0 saturated carbocycles. The first-order chi connectivity index (χ1) is 14.1. The molecule has 6 nitrogen and oxygen atoms in total. The topological polar surface area (TPSA) is 62.5 Å². The van der Waals surface area contributed by atoms with Gasteiger partial charge in [0.1, 0.15) is 0 Å². The van der Waals surface area contributed by atoms with Gasteiger partial charge in [-0.1, -0.05) is 45.9 Å². The first-order valence-electron chi connectivity index (χ1n) is 9.40. The molecule has 1 saturated heterocycles. The third kappa shape index (κ3) is 5.00. The van der Waals surface area contributed by atoms with Gasteiger partial charge in [0.05, 0.1) is 5.75 Å². The first-order valence-corrected chi connectivity index (χ1v) is 11.2. The fourth-order valence-corrected chi connectivity index (χ4v) is 4.32. The fraction of sp³-hybridized carbons (Fsp3) is 0.286. The van der Waals surface area contributed by atoms with Crippen molar-refractivity contribution in [3.8, 4) is 11.5 Å². The number of nitrogens with zero attached hydrogens (tertiary/aromatic N) is 4. The maximum absolute atomic E-state index is 12.6. The fourth-order valence-electron chi connectivity index (χ4n) is 3.26. The van der Waals surface area contributed by atoms with Crippen LogP contribution in [0.5, 0.6) is 0 Å². The molecule has 4 rings (SSSR count). The van der Waals surface area contributed by atoms with Crippen molar-refractivity contribution in [3.05, 3.63) is 58.6 Å². The van der Waals surface area contributed by atoms with Crippen molar-refractivity contribution in [3.63, 3.8) is 0 Å². The van der Waals surface area contributed by atoms with Gasteiger partial charge in [-0.25, -0.2) is 0 Å². The van der Waals surface area contributed by atoms with Gasteiger partial charge in [0.2, 0.25) is 11.8 Å². The molecule has 2 aromatic carbocycles. The number of hydrogen-bond acceptors (Lipinski definition) is 6. The summed E-state index contributed by atoms with van der Waals surface area (Å²) in [6, 6.07) is 16.2. The standard InChI is InChI=1S/C21H21BrN4O2S/c1-15-4-2-7-18(12-15)25-8-10-26(11-9-25)19(27)14-29-21-24-23-20(28-21)16-5-3-6-17(22)13-16/h2-7,12-13H,8-11,14H2,1H3. The van der Waals surface area contributed by atoms with E-state index in [9.17, 15) is 4.79 Å². The van der Waals surface area contributed by atoms with E-state index in [2.05, 4.69) is 62.2 Å². The molecular formula is C21H21BrN4O2S. The Bertz CT molecular complexity index is 1000.